The van der Waals surface area contributed by atoms with E-state index in [1.807, 2.05) is 20.8 Å². The van der Waals surface area contributed by atoms with E-state index in [9.17, 15) is 4.39 Å². The topological polar surface area (TPSA) is 38.2 Å². The van der Waals surface area contributed by atoms with Crippen LogP contribution in [0.15, 0.2) is 24.5 Å². The van der Waals surface area contributed by atoms with Gasteiger partial charge in [0.15, 0.2) is 0 Å². The van der Waals surface area contributed by atoms with Crippen LogP contribution in [0.5, 0.6) is 0 Å². The highest BCUT2D eigenvalue weighted by Gasteiger charge is 2.33. The third-order valence-corrected chi connectivity index (χ3v) is 3.46. The molecule has 0 aliphatic carbocycles. The summed E-state index contributed by atoms with van der Waals surface area (Å²) in [5, 5.41) is 0.486. The first kappa shape index (κ1) is 13.2. The van der Waals surface area contributed by atoms with Gasteiger partial charge in [0, 0.05) is 13.1 Å². The summed E-state index contributed by atoms with van der Waals surface area (Å²) in [5.74, 6) is 0.367. The molecular weight excluding hydrogens is 257 g/mol. The van der Waals surface area contributed by atoms with E-state index in [0.717, 1.165) is 0 Å². The molecule has 0 spiro atoms. The summed E-state index contributed by atoms with van der Waals surface area (Å²) in [6, 6.07) is 4.92. The molecule has 0 unspecified atom stereocenters. The molecule has 2 heterocycles. The van der Waals surface area contributed by atoms with E-state index in [1.54, 1.807) is 12.1 Å². The molecule has 1 saturated heterocycles. The van der Waals surface area contributed by atoms with Gasteiger partial charge in [-0.1, -0.05) is 6.07 Å². The van der Waals surface area contributed by atoms with Gasteiger partial charge in [-0.2, -0.15) is 0 Å². The van der Waals surface area contributed by atoms with E-state index in [2.05, 4.69) is 14.9 Å². The Balaban J connectivity index is 2.10. The lowest BCUT2D eigenvalue weighted by Crippen LogP contribution is -2.52. The fraction of sp³-hybridized carbons (Fsp3) is 0.467. The molecule has 0 radical (unpaired) electrons. The number of rotatable bonds is 1. The van der Waals surface area contributed by atoms with Gasteiger partial charge in [0.2, 0.25) is 0 Å². The number of ether oxygens (including phenoxy) is 1. The molecule has 1 fully saturated rings. The van der Waals surface area contributed by atoms with Crippen molar-refractivity contribution in [2.45, 2.75) is 32.5 Å². The average Bonchev–Trinajstić information content (AvgIpc) is 2.36. The Hall–Kier alpha value is -1.75. The Morgan fingerprint density at radius 1 is 1.35 bits per heavy atom. The van der Waals surface area contributed by atoms with E-state index in [-0.39, 0.29) is 17.5 Å². The van der Waals surface area contributed by atoms with Crippen LogP contribution in [-0.4, -0.2) is 34.8 Å². The lowest BCUT2D eigenvalue weighted by molar-refractivity contribution is -0.0751. The van der Waals surface area contributed by atoms with Crippen molar-refractivity contribution in [3.63, 3.8) is 0 Å². The van der Waals surface area contributed by atoms with Crippen molar-refractivity contribution in [2.24, 2.45) is 0 Å². The number of nitrogens with zero attached hydrogens (tertiary/aromatic N) is 3. The summed E-state index contributed by atoms with van der Waals surface area (Å²) in [4.78, 5) is 10.5. The Morgan fingerprint density at radius 2 is 2.15 bits per heavy atom. The maximum absolute atomic E-state index is 14.2. The summed E-state index contributed by atoms with van der Waals surface area (Å²) < 4.78 is 20.0. The van der Waals surface area contributed by atoms with E-state index < -0.39 is 0 Å². The van der Waals surface area contributed by atoms with Crippen molar-refractivity contribution in [3.05, 3.63) is 30.3 Å². The number of halogens is 1. The SMILES string of the molecule is C[C@@H]1CN(c2ncnc3cccc(F)c23)CC(C)(C)O1. The van der Waals surface area contributed by atoms with Gasteiger partial charge in [0.1, 0.15) is 18.0 Å². The Kier molecular flexibility index (Phi) is 3.09. The highest BCUT2D eigenvalue weighted by Crippen LogP contribution is 2.30. The molecule has 2 aromatic rings. The molecule has 4 nitrogen and oxygen atoms in total. The third kappa shape index (κ3) is 2.33. The van der Waals surface area contributed by atoms with Gasteiger partial charge in [-0.05, 0) is 32.9 Å². The number of benzene rings is 1. The van der Waals surface area contributed by atoms with Crippen LogP contribution in [0.1, 0.15) is 20.8 Å². The van der Waals surface area contributed by atoms with Crippen molar-refractivity contribution < 1.29 is 9.13 Å². The molecule has 0 bridgehead atoms. The Morgan fingerprint density at radius 3 is 2.90 bits per heavy atom. The highest BCUT2D eigenvalue weighted by molar-refractivity contribution is 5.89. The predicted molar refractivity (Wildman–Crippen MR) is 76.3 cm³/mol. The smallest absolute Gasteiger partial charge is 0.143 e. The second-order valence-corrected chi connectivity index (χ2v) is 5.90. The summed E-state index contributed by atoms with van der Waals surface area (Å²) >= 11 is 0. The Labute approximate surface area is 117 Å². The molecule has 3 rings (SSSR count). The molecule has 1 atom stereocenters. The largest absolute Gasteiger partial charge is 0.369 e. The first-order valence-corrected chi connectivity index (χ1v) is 6.78. The number of aromatic nitrogens is 2. The maximum Gasteiger partial charge on any atom is 0.143 e. The van der Waals surface area contributed by atoms with Gasteiger partial charge >= 0.3 is 0 Å². The quantitative estimate of drug-likeness (QED) is 0.802. The van der Waals surface area contributed by atoms with Crippen molar-refractivity contribution in [1.82, 2.24) is 9.97 Å². The minimum absolute atomic E-state index is 0.0792. The molecule has 1 aromatic heterocycles. The molecule has 5 heteroatoms. The zero-order chi connectivity index (χ0) is 14.3. The van der Waals surface area contributed by atoms with Gasteiger partial charge in [-0.3, -0.25) is 0 Å². The van der Waals surface area contributed by atoms with Crippen LogP contribution < -0.4 is 4.90 Å². The second kappa shape index (κ2) is 4.66. The number of morpholine rings is 1. The molecule has 1 aliphatic heterocycles. The molecular formula is C15H18FN3O. The number of hydrogen-bond donors (Lipinski definition) is 0. The van der Waals surface area contributed by atoms with Gasteiger partial charge in [0.25, 0.3) is 0 Å². The molecule has 0 saturated carbocycles. The lowest BCUT2D eigenvalue weighted by Gasteiger charge is -2.42. The second-order valence-electron chi connectivity index (χ2n) is 5.90. The third-order valence-electron chi connectivity index (χ3n) is 3.46. The molecule has 1 aromatic carbocycles. The molecule has 106 valence electrons. The van der Waals surface area contributed by atoms with E-state index >= 15 is 0 Å². The molecule has 20 heavy (non-hydrogen) atoms. The van der Waals surface area contributed by atoms with Gasteiger partial charge in [-0.25, -0.2) is 14.4 Å². The van der Waals surface area contributed by atoms with Crippen LogP contribution in [0.3, 0.4) is 0 Å². The van der Waals surface area contributed by atoms with Crippen molar-refractivity contribution in [3.8, 4) is 0 Å². The van der Waals surface area contributed by atoms with Crippen LogP contribution in [-0.2, 0) is 4.74 Å². The zero-order valence-electron chi connectivity index (χ0n) is 11.9. The van der Waals surface area contributed by atoms with Crippen LogP contribution in [0.4, 0.5) is 10.2 Å². The normalized spacial score (nSPS) is 22.2. The summed E-state index contributed by atoms with van der Waals surface area (Å²) in [6.07, 6.45) is 1.57. The van der Waals surface area contributed by atoms with Crippen LogP contribution in [0.2, 0.25) is 0 Å². The first-order chi connectivity index (χ1) is 9.46. The number of fused-ring (bicyclic) bond motifs is 1. The highest BCUT2D eigenvalue weighted by atomic mass is 19.1. The summed E-state index contributed by atoms with van der Waals surface area (Å²) in [5.41, 5.74) is 0.354. The molecule has 0 N–H and O–H groups in total. The standard InChI is InChI=1S/C15H18FN3O/c1-10-7-19(8-15(2,3)20-10)14-13-11(16)5-4-6-12(13)17-9-18-14/h4-6,9-10H,7-8H2,1-3H3/t10-/m1/s1. The van der Waals surface area contributed by atoms with Crippen molar-refractivity contribution in [2.75, 3.05) is 18.0 Å². The molecule has 1 aliphatic rings. The number of hydrogen-bond acceptors (Lipinski definition) is 4. The van der Waals surface area contributed by atoms with Crippen LogP contribution in [0.25, 0.3) is 10.9 Å². The summed E-state index contributed by atoms with van der Waals surface area (Å²) in [7, 11) is 0. The van der Waals surface area contributed by atoms with Crippen LogP contribution in [0, 0.1) is 5.82 Å². The van der Waals surface area contributed by atoms with E-state index in [0.29, 0.717) is 29.8 Å². The fourth-order valence-corrected chi connectivity index (χ4v) is 2.91. The minimum atomic E-state index is -0.282. The number of anilines is 1. The van der Waals surface area contributed by atoms with Gasteiger partial charge in [0.05, 0.1) is 22.6 Å². The predicted octanol–water partition coefficient (Wildman–Crippen LogP) is 2.77. The van der Waals surface area contributed by atoms with Crippen molar-refractivity contribution in [1.29, 1.82) is 0 Å². The van der Waals surface area contributed by atoms with Crippen molar-refractivity contribution >= 4 is 16.7 Å². The monoisotopic (exact) mass is 275 g/mol. The summed E-state index contributed by atoms with van der Waals surface area (Å²) in [6.45, 7) is 7.47. The first-order valence-electron chi connectivity index (χ1n) is 6.78. The lowest BCUT2D eigenvalue weighted by atomic mass is 10.0. The zero-order valence-corrected chi connectivity index (χ0v) is 11.9. The van der Waals surface area contributed by atoms with Gasteiger partial charge in [-0.15, -0.1) is 0 Å². The Bertz CT molecular complexity index is 639. The molecule has 0 amide bonds. The minimum Gasteiger partial charge on any atom is -0.369 e. The fourth-order valence-electron chi connectivity index (χ4n) is 2.91. The van der Waals surface area contributed by atoms with E-state index in [4.69, 9.17) is 4.74 Å². The maximum atomic E-state index is 14.2. The van der Waals surface area contributed by atoms with Crippen LogP contribution >= 0.6 is 0 Å². The van der Waals surface area contributed by atoms with Gasteiger partial charge < -0.3 is 9.64 Å². The average molecular weight is 275 g/mol. The van der Waals surface area contributed by atoms with E-state index in [1.165, 1.54) is 12.4 Å².